The van der Waals surface area contributed by atoms with Gasteiger partial charge in [0.2, 0.25) is 5.91 Å². The smallest absolute Gasteiger partial charge is 0.240 e. The summed E-state index contributed by atoms with van der Waals surface area (Å²) in [7, 11) is 0. The van der Waals surface area contributed by atoms with Crippen molar-refractivity contribution in [2.45, 2.75) is 45.3 Å². The first-order valence-corrected chi connectivity index (χ1v) is 7.22. The Morgan fingerprint density at radius 1 is 1.35 bits per heavy atom. The Kier molecular flexibility index (Phi) is 4.16. The molecule has 0 aromatic heterocycles. The molecule has 1 aromatic rings. The Morgan fingerprint density at radius 3 is 2.60 bits per heavy atom. The number of carbonyl (C=O) groups is 1. The molecule has 4 nitrogen and oxygen atoms in total. The maximum absolute atomic E-state index is 12.2. The van der Waals surface area contributed by atoms with Crippen LogP contribution in [0.1, 0.15) is 37.9 Å². The second kappa shape index (κ2) is 5.54. The number of aryl methyl sites for hydroxylation is 1. The van der Waals surface area contributed by atoms with Gasteiger partial charge in [-0.2, -0.15) is 0 Å². The van der Waals surface area contributed by atoms with Gasteiger partial charge in [0, 0.05) is 19.1 Å². The molecule has 1 heterocycles. The molecule has 0 spiro atoms. The van der Waals surface area contributed by atoms with Crippen molar-refractivity contribution >= 4 is 5.91 Å². The van der Waals surface area contributed by atoms with Crippen LogP contribution in [-0.2, 0) is 4.79 Å². The predicted molar refractivity (Wildman–Crippen MR) is 81.4 cm³/mol. The van der Waals surface area contributed by atoms with E-state index in [2.05, 4.69) is 29.3 Å². The van der Waals surface area contributed by atoms with Gasteiger partial charge in [-0.25, -0.2) is 0 Å². The molecular weight excluding hydrogens is 250 g/mol. The van der Waals surface area contributed by atoms with Crippen molar-refractivity contribution in [3.63, 3.8) is 0 Å². The summed E-state index contributed by atoms with van der Waals surface area (Å²) in [5.41, 5.74) is 8.15. The molecule has 0 saturated carbocycles. The predicted octanol–water partition coefficient (Wildman–Crippen LogP) is 1.59. The van der Waals surface area contributed by atoms with E-state index in [1.165, 1.54) is 11.1 Å². The molecule has 20 heavy (non-hydrogen) atoms. The Labute approximate surface area is 121 Å². The zero-order chi connectivity index (χ0) is 14.9. The zero-order valence-corrected chi connectivity index (χ0v) is 12.8. The van der Waals surface area contributed by atoms with E-state index in [0.717, 1.165) is 6.54 Å². The third kappa shape index (κ3) is 2.58. The van der Waals surface area contributed by atoms with Crippen LogP contribution in [0.5, 0.6) is 0 Å². The SMILES string of the molecule is Cc1ccccc1C(C(C)N)N1CCNC(=O)C1(C)C. The number of carbonyl (C=O) groups excluding carboxylic acids is 1. The zero-order valence-electron chi connectivity index (χ0n) is 12.8. The van der Waals surface area contributed by atoms with E-state index in [1.807, 2.05) is 32.9 Å². The first kappa shape index (κ1) is 15.0. The summed E-state index contributed by atoms with van der Waals surface area (Å²) >= 11 is 0. The lowest BCUT2D eigenvalue weighted by Gasteiger charge is -2.47. The van der Waals surface area contributed by atoms with Crippen LogP contribution in [-0.4, -0.2) is 35.5 Å². The number of benzene rings is 1. The van der Waals surface area contributed by atoms with Gasteiger partial charge in [0.25, 0.3) is 0 Å². The molecule has 1 aliphatic rings. The van der Waals surface area contributed by atoms with Crippen LogP contribution >= 0.6 is 0 Å². The van der Waals surface area contributed by atoms with Crippen LogP contribution in [0.3, 0.4) is 0 Å². The van der Waals surface area contributed by atoms with Crippen molar-refractivity contribution < 1.29 is 4.79 Å². The van der Waals surface area contributed by atoms with Gasteiger partial charge in [-0.3, -0.25) is 9.69 Å². The molecule has 110 valence electrons. The molecule has 1 fully saturated rings. The minimum Gasteiger partial charge on any atom is -0.353 e. The summed E-state index contributed by atoms with van der Waals surface area (Å²) in [5.74, 6) is 0.0722. The Bertz CT molecular complexity index is 496. The summed E-state index contributed by atoms with van der Waals surface area (Å²) in [5, 5.41) is 2.94. The second-order valence-corrected chi connectivity index (χ2v) is 6.17. The summed E-state index contributed by atoms with van der Waals surface area (Å²) in [6.07, 6.45) is 0. The van der Waals surface area contributed by atoms with Crippen LogP contribution in [0.15, 0.2) is 24.3 Å². The molecule has 0 radical (unpaired) electrons. The van der Waals surface area contributed by atoms with Gasteiger partial charge in [0.15, 0.2) is 0 Å². The molecule has 2 rings (SSSR count). The molecule has 1 amide bonds. The van der Waals surface area contributed by atoms with Gasteiger partial charge < -0.3 is 11.1 Å². The van der Waals surface area contributed by atoms with E-state index in [0.29, 0.717) is 6.54 Å². The number of rotatable bonds is 3. The highest BCUT2D eigenvalue weighted by Crippen LogP contribution is 2.33. The molecule has 4 heteroatoms. The Balaban J connectivity index is 2.44. The summed E-state index contributed by atoms with van der Waals surface area (Å²) in [6.45, 7) is 9.54. The fraction of sp³-hybridized carbons (Fsp3) is 0.562. The van der Waals surface area contributed by atoms with E-state index >= 15 is 0 Å². The van der Waals surface area contributed by atoms with Gasteiger partial charge in [-0.05, 0) is 38.8 Å². The van der Waals surface area contributed by atoms with Gasteiger partial charge in [-0.1, -0.05) is 24.3 Å². The van der Waals surface area contributed by atoms with Gasteiger partial charge in [0.05, 0.1) is 11.6 Å². The van der Waals surface area contributed by atoms with Gasteiger partial charge in [-0.15, -0.1) is 0 Å². The minimum absolute atomic E-state index is 0.0405. The Morgan fingerprint density at radius 2 is 2.00 bits per heavy atom. The lowest BCUT2D eigenvalue weighted by atomic mass is 9.88. The molecular formula is C16H25N3O. The van der Waals surface area contributed by atoms with Crippen LogP contribution in [0, 0.1) is 6.92 Å². The summed E-state index contributed by atoms with van der Waals surface area (Å²) < 4.78 is 0. The third-order valence-corrected chi connectivity index (χ3v) is 4.25. The van der Waals surface area contributed by atoms with Crippen molar-refractivity contribution in [2.75, 3.05) is 13.1 Å². The number of nitrogens with zero attached hydrogens (tertiary/aromatic N) is 1. The monoisotopic (exact) mass is 275 g/mol. The normalized spacial score (nSPS) is 22.1. The molecule has 1 aromatic carbocycles. The van der Waals surface area contributed by atoms with Crippen LogP contribution in [0.25, 0.3) is 0 Å². The molecule has 0 aliphatic carbocycles. The van der Waals surface area contributed by atoms with Crippen molar-refractivity contribution in [3.05, 3.63) is 35.4 Å². The molecule has 3 N–H and O–H groups in total. The average molecular weight is 275 g/mol. The van der Waals surface area contributed by atoms with Gasteiger partial charge in [0.1, 0.15) is 0 Å². The standard InChI is InChI=1S/C16H25N3O/c1-11-7-5-6-8-13(11)14(12(2)17)19-10-9-18-15(20)16(19,3)4/h5-8,12,14H,9-10,17H2,1-4H3,(H,18,20). The van der Waals surface area contributed by atoms with Gasteiger partial charge >= 0.3 is 0 Å². The lowest BCUT2D eigenvalue weighted by molar-refractivity contribution is -0.137. The van der Waals surface area contributed by atoms with Crippen molar-refractivity contribution in [2.24, 2.45) is 5.73 Å². The lowest BCUT2D eigenvalue weighted by Crippen LogP contribution is -2.64. The van der Waals surface area contributed by atoms with E-state index in [9.17, 15) is 4.79 Å². The van der Waals surface area contributed by atoms with E-state index in [-0.39, 0.29) is 18.0 Å². The number of nitrogens with two attached hydrogens (primary N) is 1. The van der Waals surface area contributed by atoms with Crippen molar-refractivity contribution in [1.82, 2.24) is 10.2 Å². The maximum Gasteiger partial charge on any atom is 0.240 e. The summed E-state index contributed by atoms with van der Waals surface area (Å²) in [4.78, 5) is 14.4. The molecule has 1 aliphatic heterocycles. The maximum atomic E-state index is 12.2. The Hall–Kier alpha value is -1.39. The van der Waals surface area contributed by atoms with Crippen LogP contribution < -0.4 is 11.1 Å². The van der Waals surface area contributed by atoms with Crippen molar-refractivity contribution in [1.29, 1.82) is 0 Å². The van der Waals surface area contributed by atoms with E-state index in [4.69, 9.17) is 5.73 Å². The number of amides is 1. The first-order valence-electron chi connectivity index (χ1n) is 7.22. The van der Waals surface area contributed by atoms with Crippen molar-refractivity contribution in [3.8, 4) is 0 Å². The number of hydrogen-bond acceptors (Lipinski definition) is 3. The van der Waals surface area contributed by atoms with Crippen LogP contribution in [0.4, 0.5) is 0 Å². The molecule has 2 atom stereocenters. The first-order chi connectivity index (χ1) is 9.35. The largest absolute Gasteiger partial charge is 0.353 e. The highest BCUT2D eigenvalue weighted by atomic mass is 16.2. The quantitative estimate of drug-likeness (QED) is 0.881. The number of piperazine rings is 1. The molecule has 2 unspecified atom stereocenters. The number of nitrogens with one attached hydrogen (secondary N) is 1. The third-order valence-electron chi connectivity index (χ3n) is 4.25. The number of hydrogen-bond donors (Lipinski definition) is 2. The topological polar surface area (TPSA) is 58.4 Å². The molecule has 0 bridgehead atoms. The highest BCUT2D eigenvalue weighted by Gasteiger charge is 2.42. The molecule has 1 saturated heterocycles. The average Bonchev–Trinajstić information content (AvgIpc) is 2.37. The van der Waals surface area contributed by atoms with Crippen LogP contribution in [0.2, 0.25) is 0 Å². The summed E-state index contributed by atoms with van der Waals surface area (Å²) in [6, 6.07) is 8.30. The van der Waals surface area contributed by atoms with E-state index in [1.54, 1.807) is 0 Å². The van der Waals surface area contributed by atoms with E-state index < -0.39 is 5.54 Å². The minimum atomic E-state index is -0.543. The fourth-order valence-corrected chi connectivity index (χ4v) is 3.06. The fourth-order valence-electron chi connectivity index (χ4n) is 3.06. The second-order valence-electron chi connectivity index (χ2n) is 6.17. The highest BCUT2D eigenvalue weighted by molar-refractivity contribution is 5.86.